The van der Waals surface area contributed by atoms with Crippen LogP contribution in [0.1, 0.15) is 10.4 Å². The van der Waals surface area contributed by atoms with Gasteiger partial charge in [0.1, 0.15) is 17.1 Å². The molecular weight excluding hydrogens is 224 g/mol. The molecule has 2 aromatic rings. The number of aromatic hydroxyl groups is 1. The summed E-state index contributed by atoms with van der Waals surface area (Å²) in [6.45, 7) is 0. The van der Waals surface area contributed by atoms with Crippen LogP contribution < -0.4 is 4.74 Å². The fourth-order valence-electron chi connectivity index (χ4n) is 1.50. The predicted octanol–water partition coefficient (Wildman–Crippen LogP) is 1.49. The standard InChI is InChI=1S/C11H10N2O4/c1-17-6-2-3-9(14)7(4-6)10-8(11(15)16)5-12-13-10/h2-5,14H,1H3,(H,12,13)(H,15,16). The number of aromatic carboxylic acids is 1. The van der Waals surface area contributed by atoms with Crippen LogP contribution in [0.25, 0.3) is 11.3 Å². The van der Waals surface area contributed by atoms with Crippen LogP contribution in [0.2, 0.25) is 0 Å². The minimum absolute atomic E-state index is 0.00597. The summed E-state index contributed by atoms with van der Waals surface area (Å²) in [7, 11) is 1.49. The molecular formula is C11H10N2O4. The fraction of sp³-hybridized carbons (Fsp3) is 0.0909. The molecule has 0 amide bonds. The molecule has 6 heteroatoms. The number of benzene rings is 1. The summed E-state index contributed by atoms with van der Waals surface area (Å²) in [5.74, 6) is -0.641. The molecule has 6 nitrogen and oxygen atoms in total. The summed E-state index contributed by atoms with van der Waals surface area (Å²) < 4.78 is 5.02. The molecule has 2 rings (SSSR count). The first-order valence-electron chi connectivity index (χ1n) is 4.77. The van der Waals surface area contributed by atoms with Gasteiger partial charge in [0.05, 0.1) is 19.0 Å². The van der Waals surface area contributed by atoms with E-state index in [1.54, 1.807) is 6.07 Å². The molecule has 0 unspecified atom stereocenters. The van der Waals surface area contributed by atoms with Gasteiger partial charge in [0.2, 0.25) is 0 Å². The topological polar surface area (TPSA) is 95.4 Å². The number of phenols is 1. The van der Waals surface area contributed by atoms with Crippen LogP contribution in [0.5, 0.6) is 11.5 Å². The molecule has 0 aliphatic rings. The highest BCUT2D eigenvalue weighted by Gasteiger charge is 2.17. The van der Waals surface area contributed by atoms with Gasteiger partial charge < -0.3 is 14.9 Å². The average Bonchev–Trinajstić information content (AvgIpc) is 2.78. The zero-order chi connectivity index (χ0) is 12.4. The first-order chi connectivity index (χ1) is 8.13. The lowest BCUT2D eigenvalue weighted by molar-refractivity contribution is 0.0698. The SMILES string of the molecule is COc1ccc(O)c(-c2[nH]ncc2C(=O)O)c1. The maximum absolute atomic E-state index is 10.9. The van der Waals surface area contributed by atoms with Gasteiger partial charge in [-0.15, -0.1) is 0 Å². The van der Waals surface area contributed by atoms with E-state index in [-0.39, 0.29) is 17.0 Å². The second-order valence-corrected chi connectivity index (χ2v) is 3.35. The Morgan fingerprint density at radius 1 is 1.47 bits per heavy atom. The van der Waals surface area contributed by atoms with E-state index in [0.29, 0.717) is 11.3 Å². The number of hydrogen-bond donors (Lipinski definition) is 3. The van der Waals surface area contributed by atoms with E-state index in [4.69, 9.17) is 9.84 Å². The third kappa shape index (κ3) is 1.92. The number of methoxy groups -OCH3 is 1. The zero-order valence-corrected chi connectivity index (χ0v) is 8.97. The Morgan fingerprint density at radius 2 is 2.24 bits per heavy atom. The van der Waals surface area contributed by atoms with Gasteiger partial charge in [0.25, 0.3) is 0 Å². The van der Waals surface area contributed by atoms with Crippen LogP contribution in [-0.4, -0.2) is 33.5 Å². The molecule has 0 saturated heterocycles. The van der Waals surface area contributed by atoms with E-state index in [1.807, 2.05) is 0 Å². The second kappa shape index (κ2) is 4.17. The van der Waals surface area contributed by atoms with Crippen LogP contribution in [-0.2, 0) is 0 Å². The van der Waals surface area contributed by atoms with Gasteiger partial charge in [-0.2, -0.15) is 5.10 Å². The number of nitrogens with one attached hydrogen (secondary N) is 1. The number of carbonyl (C=O) groups is 1. The fourth-order valence-corrected chi connectivity index (χ4v) is 1.50. The van der Waals surface area contributed by atoms with E-state index >= 15 is 0 Å². The van der Waals surface area contributed by atoms with Crippen LogP contribution in [0.3, 0.4) is 0 Å². The molecule has 88 valence electrons. The van der Waals surface area contributed by atoms with Gasteiger partial charge in [-0.1, -0.05) is 0 Å². The highest BCUT2D eigenvalue weighted by Crippen LogP contribution is 2.33. The number of H-pyrrole nitrogens is 1. The summed E-state index contributed by atoms with van der Waals surface area (Å²) in [6, 6.07) is 4.55. The third-order valence-electron chi connectivity index (χ3n) is 2.34. The van der Waals surface area contributed by atoms with Crippen molar-refractivity contribution in [3.8, 4) is 22.8 Å². The molecule has 1 aromatic heterocycles. The normalized spacial score (nSPS) is 10.2. The number of rotatable bonds is 3. The largest absolute Gasteiger partial charge is 0.507 e. The van der Waals surface area contributed by atoms with Crippen molar-refractivity contribution in [3.63, 3.8) is 0 Å². The lowest BCUT2D eigenvalue weighted by Gasteiger charge is -2.06. The van der Waals surface area contributed by atoms with Crippen molar-refractivity contribution in [1.29, 1.82) is 0 Å². The van der Waals surface area contributed by atoms with E-state index in [1.165, 1.54) is 25.4 Å². The van der Waals surface area contributed by atoms with Gasteiger partial charge >= 0.3 is 5.97 Å². The maximum atomic E-state index is 10.9. The Balaban J connectivity index is 2.59. The van der Waals surface area contributed by atoms with E-state index in [0.717, 1.165) is 0 Å². The molecule has 17 heavy (non-hydrogen) atoms. The third-order valence-corrected chi connectivity index (χ3v) is 2.34. The number of ether oxygens (including phenoxy) is 1. The minimum Gasteiger partial charge on any atom is -0.507 e. The molecule has 0 radical (unpaired) electrons. The van der Waals surface area contributed by atoms with Crippen LogP contribution in [0.4, 0.5) is 0 Å². The molecule has 0 atom stereocenters. The summed E-state index contributed by atoms with van der Waals surface area (Å²) in [4.78, 5) is 10.9. The lowest BCUT2D eigenvalue weighted by atomic mass is 10.1. The van der Waals surface area contributed by atoms with Crippen LogP contribution in [0, 0.1) is 0 Å². The van der Waals surface area contributed by atoms with Crippen LogP contribution in [0.15, 0.2) is 24.4 Å². The van der Waals surface area contributed by atoms with Gasteiger partial charge in [-0.05, 0) is 18.2 Å². The van der Waals surface area contributed by atoms with Gasteiger partial charge in [0.15, 0.2) is 0 Å². The van der Waals surface area contributed by atoms with Crippen molar-refractivity contribution in [3.05, 3.63) is 30.0 Å². The Kier molecular flexibility index (Phi) is 2.70. The predicted molar refractivity (Wildman–Crippen MR) is 59.2 cm³/mol. The minimum atomic E-state index is -1.11. The molecule has 0 fully saturated rings. The first-order valence-corrected chi connectivity index (χ1v) is 4.77. The van der Waals surface area contributed by atoms with Crippen molar-refractivity contribution < 1.29 is 19.7 Å². The number of phenolic OH excluding ortho intramolecular Hbond substituents is 1. The Labute approximate surface area is 96.5 Å². The molecule has 1 aromatic carbocycles. The smallest absolute Gasteiger partial charge is 0.339 e. The monoisotopic (exact) mass is 234 g/mol. The molecule has 0 spiro atoms. The highest BCUT2D eigenvalue weighted by atomic mass is 16.5. The molecule has 0 aliphatic heterocycles. The van der Waals surface area contributed by atoms with Crippen molar-refractivity contribution in [2.75, 3.05) is 7.11 Å². The van der Waals surface area contributed by atoms with E-state index < -0.39 is 5.97 Å². The van der Waals surface area contributed by atoms with Crippen molar-refractivity contribution in [1.82, 2.24) is 10.2 Å². The average molecular weight is 234 g/mol. The first kappa shape index (κ1) is 11.0. The summed E-state index contributed by atoms with van der Waals surface area (Å²) >= 11 is 0. The molecule has 1 heterocycles. The Morgan fingerprint density at radius 3 is 2.88 bits per heavy atom. The second-order valence-electron chi connectivity index (χ2n) is 3.35. The number of aromatic amines is 1. The highest BCUT2D eigenvalue weighted by molar-refractivity contribution is 5.95. The number of hydrogen-bond acceptors (Lipinski definition) is 4. The number of carboxylic acids is 1. The summed E-state index contributed by atoms with van der Waals surface area (Å²) in [5, 5.41) is 24.9. The Hall–Kier alpha value is -2.50. The molecule has 0 aliphatic carbocycles. The zero-order valence-electron chi connectivity index (χ0n) is 8.97. The van der Waals surface area contributed by atoms with Crippen molar-refractivity contribution >= 4 is 5.97 Å². The van der Waals surface area contributed by atoms with Crippen molar-refractivity contribution in [2.45, 2.75) is 0 Å². The van der Waals surface area contributed by atoms with E-state index in [9.17, 15) is 9.90 Å². The van der Waals surface area contributed by atoms with Gasteiger partial charge in [0, 0.05) is 5.56 Å². The van der Waals surface area contributed by atoms with Gasteiger partial charge in [-0.3, -0.25) is 5.10 Å². The van der Waals surface area contributed by atoms with Crippen molar-refractivity contribution in [2.24, 2.45) is 0 Å². The molecule has 3 N–H and O–H groups in total. The summed E-state index contributed by atoms with van der Waals surface area (Å²) in [6.07, 6.45) is 1.19. The number of aromatic nitrogens is 2. The maximum Gasteiger partial charge on any atom is 0.339 e. The summed E-state index contributed by atoms with van der Waals surface area (Å²) in [5.41, 5.74) is 0.571. The Bertz CT molecular complexity index is 562. The number of nitrogens with zero attached hydrogens (tertiary/aromatic N) is 1. The number of carboxylic acid groups (broad SMARTS) is 1. The van der Waals surface area contributed by atoms with E-state index in [2.05, 4.69) is 10.2 Å². The van der Waals surface area contributed by atoms with Crippen LogP contribution >= 0.6 is 0 Å². The quantitative estimate of drug-likeness (QED) is 0.747. The molecule has 0 bridgehead atoms. The molecule has 0 saturated carbocycles. The lowest BCUT2D eigenvalue weighted by Crippen LogP contribution is -1.97. The van der Waals surface area contributed by atoms with Gasteiger partial charge in [-0.25, -0.2) is 4.79 Å².